The van der Waals surface area contributed by atoms with Gasteiger partial charge in [0.1, 0.15) is 11.5 Å². The Bertz CT molecular complexity index is 1230. The maximum absolute atomic E-state index is 12.8. The van der Waals surface area contributed by atoms with E-state index in [1.54, 1.807) is 6.20 Å². The van der Waals surface area contributed by atoms with Gasteiger partial charge in [-0.2, -0.15) is 0 Å². The van der Waals surface area contributed by atoms with Crippen LogP contribution in [0.5, 0.6) is 0 Å². The topological polar surface area (TPSA) is 76.8 Å². The highest BCUT2D eigenvalue weighted by Gasteiger charge is 2.15. The Balaban J connectivity index is 1.89. The fourth-order valence-electron chi connectivity index (χ4n) is 3.27. The van der Waals surface area contributed by atoms with Crippen LogP contribution in [-0.2, 0) is 0 Å². The van der Waals surface area contributed by atoms with E-state index in [1.165, 1.54) is 0 Å². The van der Waals surface area contributed by atoms with Crippen molar-refractivity contribution in [3.05, 3.63) is 69.7 Å². The van der Waals surface area contributed by atoms with Gasteiger partial charge in [0.05, 0.1) is 11.4 Å². The smallest absolute Gasteiger partial charge is 0.257 e. The van der Waals surface area contributed by atoms with Crippen molar-refractivity contribution in [2.75, 3.05) is 24.3 Å². The molecule has 6 nitrogen and oxygen atoms in total. The largest absolute Gasteiger partial charge is 0.362 e. The van der Waals surface area contributed by atoms with Gasteiger partial charge in [0.25, 0.3) is 5.56 Å². The molecule has 3 heterocycles. The van der Waals surface area contributed by atoms with Gasteiger partial charge in [-0.1, -0.05) is 17.7 Å². The monoisotopic (exact) mass is 393 g/mol. The number of nitrogens with one attached hydrogen (secondary N) is 3. The molecule has 0 aliphatic carbocycles. The predicted octanol–water partition coefficient (Wildman–Crippen LogP) is 4.69. The number of H-pyrrole nitrogens is 2. The van der Waals surface area contributed by atoms with E-state index in [4.69, 9.17) is 11.6 Å². The molecule has 0 fully saturated rings. The molecule has 0 saturated heterocycles. The molecule has 4 aromatic rings. The third-order valence-electron chi connectivity index (χ3n) is 4.69. The first-order valence-electron chi connectivity index (χ1n) is 8.84. The minimum atomic E-state index is -0.166. The Morgan fingerprint density at radius 3 is 2.68 bits per heavy atom. The predicted molar refractivity (Wildman–Crippen MR) is 116 cm³/mol. The summed E-state index contributed by atoms with van der Waals surface area (Å²) >= 11 is 6.18. The summed E-state index contributed by atoms with van der Waals surface area (Å²) in [7, 11) is 3.78. The zero-order chi connectivity index (χ0) is 19.8. The van der Waals surface area contributed by atoms with E-state index in [1.807, 2.05) is 68.5 Å². The van der Waals surface area contributed by atoms with Crippen LogP contribution in [0.2, 0.25) is 5.02 Å². The molecule has 0 radical (unpaired) electrons. The number of rotatable bonds is 4. The van der Waals surface area contributed by atoms with E-state index in [2.05, 4.69) is 20.3 Å². The van der Waals surface area contributed by atoms with E-state index in [0.717, 1.165) is 33.5 Å². The molecule has 0 atom stereocenters. The summed E-state index contributed by atoms with van der Waals surface area (Å²) in [5, 5.41) is 5.01. The molecule has 28 heavy (non-hydrogen) atoms. The summed E-state index contributed by atoms with van der Waals surface area (Å²) in [6, 6.07) is 11.3. The Morgan fingerprint density at radius 2 is 1.89 bits per heavy atom. The fraction of sp³-hybridized carbons (Fsp3) is 0.143. The summed E-state index contributed by atoms with van der Waals surface area (Å²) in [6.45, 7) is 1.96. The zero-order valence-corrected chi connectivity index (χ0v) is 16.6. The van der Waals surface area contributed by atoms with Crippen LogP contribution in [0.3, 0.4) is 0 Å². The second kappa shape index (κ2) is 7.05. The Morgan fingerprint density at radius 1 is 1.07 bits per heavy atom. The number of pyridine rings is 2. The number of hydrogen-bond donors (Lipinski definition) is 3. The van der Waals surface area contributed by atoms with Gasteiger partial charge in [-0.25, -0.2) is 4.98 Å². The number of halogens is 1. The van der Waals surface area contributed by atoms with Gasteiger partial charge in [0.2, 0.25) is 0 Å². The minimum absolute atomic E-state index is 0.166. The molecule has 0 aliphatic rings. The summed E-state index contributed by atoms with van der Waals surface area (Å²) in [5.74, 6) is 0.689. The molecule has 3 N–H and O–H groups in total. The molecule has 7 heteroatoms. The van der Waals surface area contributed by atoms with Gasteiger partial charge in [0.15, 0.2) is 0 Å². The van der Waals surface area contributed by atoms with Crippen molar-refractivity contribution >= 4 is 39.8 Å². The van der Waals surface area contributed by atoms with Crippen LogP contribution in [0, 0.1) is 6.92 Å². The van der Waals surface area contributed by atoms with Gasteiger partial charge in [0, 0.05) is 42.5 Å². The zero-order valence-electron chi connectivity index (χ0n) is 15.8. The van der Waals surface area contributed by atoms with Crippen molar-refractivity contribution in [2.24, 2.45) is 0 Å². The van der Waals surface area contributed by atoms with Crippen molar-refractivity contribution in [3.63, 3.8) is 0 Å². The average Bonchev–Trinajstić information content (AvgIpc) is 3.14. The molecule has 0 aliphatic heterocycles. The molecule has 0 saturated carbocycles. The van der Waals surface area contributed by atoms with Gasteiger partial charge in [-0.3, -0.25) is 4.79 Å². The molecular weight excluding hydrogens is 374 g/mol. The fourth-order valence-corrected chi connectivity index (χ4v) is 3.44. The van der Waals surface area contributed by atoms with E-state index in [-0.39, 0.29) is 5.56 Å². The number of aryl methyl sites for hydroxylation is 1. The van der Waals surface area contributed by atoms with Gasteiger partial charge < -0.3 is 20.2 Å². The minimum Gasteiger partial charge on any atom is -0.362 e. The van der Waals surface area contributed by atoms with Crippen LogP contribution in [-0.4, -0.2) is 29.0 Å². The Kier molecular flexibility index (Phi) is 4.57. The van der Waals surface area contributed by atoms with Gasteiger partial charge in [-0.05, 0) is 48.4 Å². The third kappa shape index (κ3) is 3.23. The van der Waals surface area contributed by atoms with Crippen molar-refractivity contribution in [3.8, 4) is 11.1 Å². The average molecular weight is 394 g/mol. The molecule has 0 unspecified atom stereocenters. The van der Waals surface area contributed by atoms with E-state index < -0.39 is 0 Å². The standard InChI is InChI=1S/C21H20ClN5O/c1-12-4-5-13(22)10-15(12)16-11-18(20(27(2)3)26-21(16)28)25-17-7-9-24-19-14(17)6-8-23-19/h4-11H,1-3H3,(H,26,28)(H2,23,24,25). The Hall–Kier alpha value is -3.25. The molecule has 3 aromatic heterocycles. The number of nitrogens with zero attached hydrogens (tertiary/aromatic N) is 2. The van der Waals surface area contributed by atoms with Crippen molar-refractivity contribution in [1.82, 2.24) is 15.0 Å². The first-order valence-corrected chi connectivity index (χ1v) is 9.22. The molecule has 0 bridgehead atoms. The number of aromatic amines is 2. The number of hydrogen-bond acceptors (Lipinski definition) is 4. The normalized spacial score (nSPS) is 11.0. The second-order valence-electron chi connectivity index (χ2n) is 6.85. The SMILES string of the molecule is Cc1ccc(Cl)cc1-c1cc(Nc2ccnc3[nH]ccc23)c(N(C)C)[nH]c1=O. The highest BCUT2D eigenvalue weighted by Crippen LogP contribution is 2.32. The van der Waals surface area contributed by atoms with Crippen molar-refractivity contribution < 1.29 is 0 Å². The maximum atomic E-state index is 12.8. The summed E-state index contributed by atoms with van der Waals surface area (Å²) in [6.07, 6.45) is 3.59. The lowest BCUT2D eigenvalue weighted by Crippen LogP contribution is -2.19. The van der Waals surface area contributed by atoms with E-state index >= 15 is 0 Å². The van der Waals surface area contributed by atoms with Crippen molar-refractivity contribution in [1.29, 1.82) is 0 Å². The lowest BCUT2D eigenvalue weighted by molar-refractivity contribution is 1.05. The number of aromatic nitrogens is 3. The highest BCUT2D eigenvalue weighted by molar-refractivity contribution is 6.30. The van der Waals surface area contributed by atoms with E-state index in [0.29, 0.717) is 16.4 Å². The molecular formula is C21H20ClN5O. The molecule has 1 aromatic carbocycles. The Labute approximate surface area is 167 Å². The first-order chi connectivity index (χ1) is 13.4. The van der Waals surface area contributed by atoms with Crippen LogP contribution in [0.1, 0.15) is 5.56 Å². The number of anilines is 3. The highest BCUT2D eigenvalue weighted by atomic mass is 35.5. The number of benzene rings is 1. The molecule has 0 spiro atoms. The van der Waals surface area contributed by atoms with Crippen LogP contribution < -0.4 is 15.8 Å². The van der Waals surface area contributed by atoms with E-state index in [9.17, 15) is 4.79 Å². The molecule has 4 rings (SSSR count). The summed E-state index contributed by atoms with van der Waals surface area (Å²) < 4.78 is 0. The lowest BCUT2D eigenvalue weighted by Gasteiger charge is -2.20. The quantitative estimate of drug-likeness (QED) is 0.470. The summed E-state index contributed by atoms with van der Waals surface area (Å²) in [5.41, 5.74) is 4.67. The summed E-state index contributed by atoms with van der Waals surface area (Å²) in [4.78, 5) is 25.1. The maximum Gasteiger partial charge on any atom is 0.257 e. The van der Waals surface area contributed by atoms with Crippen LogP contribution in [0.25, 0.3) is 22.2 Å². The first kappa shape index (κ1) is 18.1. The van der Waals surface area contributed by atoms with Gasteiger partial charge >= 0.3 is 0 Å². The lowest BCUT2D eigenvalue weighted by atomic mass is 10.0. The van der Waals surface area contributed by atoms with Crippen LogP contribution >= 0.6 is 11.6 Å². The van der Waals surface area contributed by atoms with Crippen molar-refractivity contribution in [2.45, 2.75) is 6.92 Å². The molecule has 142 valence electrons. The second-order valence-corrected chi connectivity index (χ2v) is 7.29. The third-order valence-corrected chi connectivity index (χ3v) is 4.92. The van der Waals surface area contributed by atoms with Crippen LogP contribution in [0.4, 0.5) is 17.2 Å². The van der Waals surface area contributed by atoms with Gasteiger partial charge in [-0.15, -0.1) is 0 Å². The number of fused-ring (bicyclic) bond motifs is 1. The molecule has 0 amide bonds. The van der Waals surface area contributed by atoms with Crippen LogP contribution in [0.15, 0.2) is 53.6 Å².